The van der Waals surface area contributed by atoms with E-state index in [1.54, 1.807) is 0 Å². The summed E-state index contributed by atoms with van der Waals surface area (Å²) in [5, 5.41) is 9.66. The predicted octanol–water partition coefficient (Wildman–Crippen LogP) is 3.68. The summed E-state index contributed by atoms with van der Waals surface area (Å²) in [6, 6.07) is 4.91. The predicted molar refractivity (Wildman–Crippen MR) is 81.3 cm³/mol. The Balaban J connectivity index is 2.75. The number of nitrogens with two attached hydrogens (primary N) is 1. The fourth-order valence-electron chi connectivity index (χ4n) is 1.80. The molecule has 0 amide bonds. The summed E-state index contributed by atoms with van der Waals surface area (Å²) in [7, 11) is 1.22. The lowest BCUT2D eigenvalue weighted by Gasteiger charge is -2.10. The summed E-state index contributed by atoms with van der Waals surface area (Å²) in [4.78, 5) is 11.9. The van der Waals surface area contributed by atoms with Crippen molar-refractivity contribution in [1.29, 1.82) is 5.26 Å². The first-order valence-corrected chi connectivity index (χ1v) is 6.68. The van der Waals surface area contributed by atoms with Crippen molar-refractivity contribution in [1.82, 2.24) is 4.57 Å². The molecule has 0 atom stereocenters. The average Bonchev–Trinajstić information content (AvgIpc) is 2.80. The molecule has 0 saturated carbocycles. The molecule has 2 rings (SSSR count). The van der Waals surface area contributed by atoms with Crippen LogP contribution in [-0.2, 0) is 4.74 Å². The molecule has 0 aliphatic carbocycles. The number of nitrogens with zero attached hydrogens (tertiary/aromatic N) is 2. The Bertz CT molecular complexity index is 755. The number of carbonyl (C=O) groups excluding carboxylic acids is 1. The van der Waals surface area contributed by atoms with Gasteiger partial charge in [-0.1, -0.05) is 34.8 Å². The zero-order valence-electron chi connectivity index (χ0n) is 10.7. The van der Waals surface area contributed by atoms with Crippen molar-refractivity contribution in [3.63, 3.8) is 0 Å². The van der Waals surface area contributed by atoms with Crippen LogP contribution in [0.3, 0.4) is 0 Å². The minimum Gasteiger partial charge on any atom is -0.464 e. The van der Waals surface area contributed by atoms with Crippen LogP contribution in [0.1, 0.15) is 16.1 Å². The smallest absolute Gasteiger partial charge is 0.357 e. The van der Waals surface area contributed by atoms with Gasteiger partial charge in [0.2, 0.25) is 0 Å². The minimum absolute atomic E-state index is 0.0171. The molecule has 5 nitrogen and oxygen atoms in total. The first-order chi connectivity index (χ1) is 9.90. The van der Waals surface area contributed by atoms with E-state index in [4.69, 9.17) is 45.8 Å². The van der Waals surface area contributed by atoms with Crippen LogP contribution >= 0.6 is 34.8 Å². The number of benzene rings is 1. The Labute approximate surface area is 135 Å². The van der Waals surface area contributed by atoms with Gasteiger partial charge in [0.15, 0.2) is 5.69 Å². The van der Waals surface area contributed by atoms with Crippen molar-refractivity contribution in [2.24, 2.45) is 0 Å². The van der Waals surface area contributed by atoms with Crippen LogP contribution in [0.4, 0.5) is 5.69 Å². The monoisotopic (exact) mass is 343 g/mol. The lowest BCUT2D eigenvalue weighted by molar-refractivity contribution is 0.0593. The summed E-state index contributed by atoms with van der Waals surface area (Å²) in [5.41, 5.74) is 6.41. The van der Waals surface area contributed by atoms with Crippen LogP contribution < -0.4 is 5.73 Å². The molecule has 0 saturated heterocycles. The Morgan fingerprint density at radius 2 is 1.90 bits per heavy atom. The third-order valence-electron chi connectivity index (χ3n) is 2.79. The maximum Gasteiger partial charge on any atom is 0.357 e. The molecule has 1 aromatic heterocycles. The molecule has 0 spiro atoms. The summed E-state index contributed by atoms with van der Waals surface area (Å²) >= 11 is 17.8. The largest absolute Gasteiger partial charge is 0.464 e. The minimum atomic E-state index is -0.684. The second-order valence-electron chi connectivity index (χ2n) is 4.00. The van der Waals surface area contributed by atoms with E-state index in [-0.39, 0.29) is 32.0 Å². The van der Waals surface area contributed by atoms with Gasteiger partial charge in [0.05, 0.1) is 33.4 Å². The Kier molecular flexibility index (Phi) is 4.33. The molecule has 2 N–H and O–H groups in total. The van der Waals surface area contributed by atoms with Gasteiger partial charge in [-0.25, -0.2) is 4.79 Å². The maximum atomic E-state index is 11.9. The van der Waals surface area contributed by atoms with Crippen LogP contribution in [0.15, 0.2) is 18.3 Å². The second kappa shape index (κ2) is 5.86. The van der Waals surface area contributed by atoms with Crippen molar-refractivity contribution in [3.8, 4) is 11.8 Å². The van der Waals surface area contributed by atoms with E-state index in [0.29, 0.717) is 5.69 Å². The molecule has 108 valence electrons. The van der Waals surface area contributed by atoms with Gasteiger partial charge in [-0.2, -0.15) is 5.26 Å². The van der Waals surface area contributed by atoms with E-state index in [1.807, 2.05) is 6.07 Å². The lowest BCUT2D eigenvalue weighted by atomic mass is 10.2. The van der Waals surface area contributed by atoms with Gasteiger partial charge in [0.1, 0.15) is 6.07 Å². The molecule has 0 unspecified atom stereocenters. The first-order valence-electron chi connectivity index (χ1n) is 5.54. The average molecular weight is 345 g/mol. The van der Waals surface area contributed by atoms with Crippen LogP contribution in [0.2, 0.25) is 15.1 Å². The third kappa shape index (κ3) is 2.66. The van der Waals surface area contributed by atoms with E-state index < -0.39 is 5.97 Å². The SMILES string of the molecule is COC(=O)c1c(N)c(C#N)cn1-c1cc(Cl)c(Cl)c(Cl)c1. The molecule has 0 bridgehead atoms. The van der Waals surface area contributed by atoms with Crippen molar-refractivity contribution in [2.45, 2.75) is 0 Å². The van der Waals surface area contributed by atoms with Crippen molar-refractivity contribution >= 4 is 46.5 Å². The molecule has 21 heavy (non-hydrogen) atoms. The van der Waals surface area contributed by atoms with E-state index in [1.165, 1.54) is 30.0 Å². The molecule has 1 heterocycles. The first kappa shape index (κ1) is 15.5. The van der Waals surface area contributed by atoms with E-state index >= 15 is 0 Å². The molecule has 8 heteroatoms. The number of hydrogen-bond acceptors (Lipinski definition) is 4. The molecule has 0 fully saturated rings. The van der Waals surface area contributed by atoms with Gasteiger partial charge < -0.3 is 15.0 Å². The molecule has 1 aromatic carbocycles. The van der Waals surface area contributed by atoms with Crippen LogP contribution in [-0.4, -0.2) is 17.6 Å². The topological polar surface area (TPSA) is 81.0 Å². The van der Waals surface area contributed by atoms with Gasteiger partial charge in [0.25, 0.3) is 0 Å². The molecule has 0 aliphatic rings. The third-order valence-corrected chi connectivity index (χ3v) is 3.99. The van der Waals surface area contributed by atoms with Crippen LogP contribution in [0.5, 0.6) is 0 Å². The molecule has 2 aromatic rings. The fraction of sp³-hybridized carbons (Fsp3) is 0.0769. The van der Waals surface area contributed by atoms with E-state index in [9.17, 15) is 4.79 Å². The van der Waals surface area contributed by atoms with Crippen molar-refractivity contribution in [3.05, 3.63) is 44.7 Å². The highest BCUT2D eigenvalue weighted by molar-refractivity contribution is 6.48. The van der Waals surface area contributed by atoms with Gasteiger partial charge in [-0.05, 0) is 12.1 Å². The standard InChI is InChI=1S/C13H8Cl3N3O2/c1-21-13(20)12-11(18)6(4-17)5-19(12)7-2-8(14)10(16)9(15)3-7/h2-3,5H,18H2,1H3. The molecule has 0 aliphatic heterocycles. The summed E-state index contributed by atoms with van der Waals surface area (Å²) in [6.45, 7) is 0. The van der Waals surface area contributed by atoms with Crippen molar-refractivity contribution in [2.75, 3.05) is 12.8 Å². The van der Waals surface area contributed by atoms with Crippen molar-refractivity contribution < 1.29 is 9.53 Å². The van der Waals surface area contributed by atoms with Gasteiger partial charge in [-0.3, -0.25) is 0 Å². The number of carbonyl (C=O) groups is 1. The van der Waals surface area contributed by atoms with Crippen LogP contribution in [0, 0.1) is 11.3 Å². The van der Waals surface area contributed by atoms with Gasteiger partial charge in [-0.15, -0.1) is 0 Å². The number of rotatable bonds is 2. The number of ether oxygens (including phenoxy) is 1. The van der Waals surface area contributed by atoms with E-state index in [0.717, 1.165) is 0 Å². The lowest BCUT2D eigenvalue weighted by Crippen LogP contribution is -2.11. The number of aromatic nitrogens is 1. The number of halogens is 3. The zero-order chi connectivity index (χ0) is 15.7. The quantitative estimate of drug-likeness (QED) is 0.665. The van der Waals surface area contributed by atoms with Gasteiger partial charge >= 0.3 is 5.97 Å². The number of esters is 1. The second-order valence-corrected chi connectivity index (χ2v) is 5.19. The van der Waals surface area contributed by atoms with Crippen LogP contribution in [0.25, 0.3) is 5.69 Å². The summed E-state index contributed by atoms with van der Waals surface area (Å²) in [5.74, 6) is -0.684. The zero-order valence-corrected chi connectivity index (χ0v) is 12.9. The molecular formula is C13H8Cl3N3O2. The fourth-order valence-corrected chi connectivity index (χ4v) is 2.38. The highest BCUT2D eigenvalue weighted by Crippen LogP contribution is 2.34. The number of methoxy groups -OCH3 is 1. The summed E-state index contributed by atoms with van der Waals surface area (Å²) < 4.78 is 6.06. The van der Waals surface area contributed by atoms with Gasteiger partial charge in [0, 0.05) is 11.9 Å². The number of hydrogen-bond donors (Lipinski definition) is 1. The highest BCUT2D eigenvalue weighted by atomic mass is 35.5. The summed E-state index contributed by atoms with van der Waals surface area (Å²) in [6.07, 6.45) is 1.40. The Hall–Kier alpha value is -1.87. The molecular weight excluding hydrogens is 337 g/mol. The Morgan fingerprint density at radius 3 is 2.38 bits per heavy atom. The number of nitriles is 1. The number of anilines is 1. The van der Waals surface area contributed by atoms with E-state index in [2.05, 4.69) is 4.74 Å². The number of nitrogen functional groups attached to an aromatic ring is 1. The Morgan fingerprint density at radius 1 is 1.33 bits per heavy atom. The highest BCUT2D eigenvalue weighted by Gasteiger charge is 2.22. The normalized spacial score (nSPS) is 10.2. The molecule has 0 radical (unpaired) electrons. The maximum absolute atomic E-state index is 11.9.